The molecule has 4 aliphatic rings. The second-order valence-electron chi connectivity index (χ2n) is 20.2. The minimum atomic E-state index is -2.06. The molecular formula is C50H76O9. The molecule has 2 N–H and O–H groups in total. The minimum Gasteiger partial charge on any atom is -0.462 e. The van der Waals surface area contributed by atoms with Crippen LogP contribution in [0.2, 0.25) is 0 Å². The zero-order chi connectivity index (χ0) is 44.0. The number of hydrogen-bond acceptors (Lipinski definition) is 9. The zero-order valence-electron chi connectivity index (χ0n) is 38.0. The van der Waals surface area contributed by atoms with E-state index in [2.05, 4.69) is 44.2 Å². The van der Waals surface area contributed by atoms with Crippen molar-refractivity contribution in [1.29, 1.82) is 0 Å². The van der Waals surface area contributed by atoms with Crippen LogP contribution in [0.3, 0.4) is 0 Å². The van der Waals surface area contributed by atoms with E-state index >= 15 is 0 Å². The van der Waals surface area contributed by atoms with Gasteiger partial charge in [-0.05, 0) is 127 Å². The number of carbonyl (C=O) groups is 5. The number of Topliss-reactive ketones (excluding diaryl/α,β-unsaturated/α-hetero) is 2. The number of hydrogen-bond donors (Lipinski definition) is 2. The van der Waals surface area contributed by atoms with E-state index < -0.39 is 62.7 Å². The van der Waals surface area contributed by atoms with E-state index in [1.54, 1.807) is 13.8 Å². The number of rotatable bonds is 20. The topological polar surface area (TPSA) is 144 Å². The van der Waals surface area contributed by atoms with Gasteiger partial charge in [0, 0.05) is 36.5 Å². The molecule has 2 unspecified atom stereocenters. The molecule has 4 aliphatic carbocycles. The number of carbonyl (C=O) groups excluding carboxylic acids is 5. The quantitative estimate of drug-likeness (QED) is 0.0531. The summed E-state index contributed by atoms with van der Waals surface area (Å²) >= 11 is 0. The van der Waals surface area contributed by atoms with Crippen molar-refractivity contribution in [3.63, 3.8) is 0 Å². The summed E-state index contributed by atoms with van der Waals surface area (Å²) in [5.74, 6) is -3.37. The van der Waals surface area contributed by atoms with Crippen LogP contribution in [0.15, 0.2) is 48.1 Å². The van der Waals surface area contributed by atoms with E-state index in [9.17, 15) is 34.2 Å². The number of allylic oxidation sites excluding steroid dienone is 6. The number of aliphatic hydroxyl groups excluding tert-OH is 1. The second-order valence-corrected chi connectivity index (χ2v) is 20.2. The van der Waals surface area contributed by atoms with Crippen LogP contribution in [-0.2, 0) is 33.4 Å². The highest BCUT2D eigenvalue weighted by atomic mass is 16.6. The van der Waals surface area contributed by atoms with Crippen molar-refractivity contribution in [2.75, 3.05) is 0 Å². The lowest BCUT2D eigenvalue weighted by atomic mass is 9.38. The van der Waals surface area contributed by atoms with Crippen LogP contribution in [0.25, 0.3) is 0 Å². The van der Waals surface area contributed by atoms with Gasteiger partial charge in [-0.2, -0.15) is 0 Å². The molecule has 0 aromatic rings. The van der Waals surface area contributed by atoms with Crippen molar-refractivity contribution in [2.45, 2.75) is 195 Å². The molecule has 3 saturated carbocycles. The van der Waals surface area contributed by atoms with Gasteiger partial charge in [0.25, 0.3) is 0 Å². The summed E-state index contributed by atoms with van der Waals surface area (Å²) in [7, 11) is 0. The Morgan fingerprint density at radius 3 is 2.12 bits per heavy atom. The molecule has 3 fully saturated rings. The number of ketones is 3. The number of fused-ring (bicyclic) bond motifs is 5. The normalized spacial score (nSPS) is 32.7. The predicted molar refractivity (Wildman–Crippen MR) is 231 cm³/mol. The summed E-state index contributed by atoms with van der Waals surface area (Å²) in [6.45, 7) is 17.9. The van der Waals surface area contributed by atoms with E-state index in [-0.39, 0.29) is 48.6 Å². The molecule has 0 aromatic carbocycles. The van der Waals surface area contributed by atoms with E-state index in [0.717, 1.165) is 50.5 Å². The first-order valence-corrected chi connectivity index (χ1v) is 22.6. The fraction of sp³-hybridized carbons (Fsp3) is 0.740. The summed E-state index contributed by atoms with van der Waals surface area (Å²) in [5, 5.41) is 23.4. The molecule has 0 heterocycles. The third-order valence-corrected chi connectivity index (χ3v) is 15.1. The van der Waals surface area contributed by atoms with Crippen LogP contribution in [-0.4, -0.2) is 62.9 Å². The molecule has 9 atom stereocenters. The largest absolute Gasteiger partial charge is 0.462 e. The third kappa shape index (κ3) is 10.1. The van der Waals surface area contributed by atoms with Gasteiger partial charge in [0.2, 0.25) is 0 Å². The summed E-state index contributed by atoms with van der Waals surface area (Å²) in [5.41, 5.74) is -5.78. The second kappa shape index (κ2) is 19.3. The predicted octanol–water partition coefficient (Wildman–Crippen LogP) is 9.86. The van der Waals surface area contributed by atoms with Crippen LogP contribution in [0.1, 0.15) is 172 Å². The smallest absolute Gasteiger partial charge is 0.306 e. The average Bonchev–Trinajstić information content (AvgIpc) is 3.36. The number of ether oxygens (including phenoxy) is 2. The average molecular weight is 821 g/mol. The highest BCUT2D eigenvalue weighted by Gasteiger charge is 2.75. The van der Waals surface area contributed by atoms with E-state index in [1.807, 2.05) is 27.7 Å². The van der Waals surface area contributed by atoms with Gasteiger partial charge in [-0.15, -0.1) is 0 Å². The molecule has 0 amide bonds. The maximum atomic E-state index is 14.9. The van der Waals surface area contributed by atoms with Gasteiger partial charge in [-0.1, -0.05) is 95.8 Å². The molecule has 59 heavy (non-hydrogen) atoms. The summed E-state index contributed by atoms with van der Waals surface area (Å²) in [6.07, 6.45) is 24.6. The van der Waals surface area contributed by atoms with Gasteiger partial charge in [0.05, 0.1) is 0 Å². The molecular weight excluding hydrogens is 745 g/mol. The highest BCUT2D eigenvalue weighted by Crippen LogP contribution is 2.74. The van der Waals surface area contributed by atoms with Gasteiger partial charge < -0.3 is 19.7 Å². The third-order valence-electron chi connectivity index (χ3n) is 15.1. The van der Waals surface area contributed by atoms with E-state index in [1.165, 1.54) is 45.3 Å². The Morgan fingerprint density at radius 1 is 0.881 bits per heavy atom. The summed E-state index contributed by atoms with van der Waals surface area (Å²) in [6, 6.07) is 0. The molecule has 0 bridgehead atoms. The van der Waals surface area contributed by atoms with Crippen molar-refractivity contribution in [1.82, 2.24) is 0 Å². The zero-order valence-corrected chi connectivity index (χ0v) is 38.0. The molecule has 0 spiro atoms. The lowest BCUT2D eigenvalue weighted by Crippen LogP contribution is -2.65. The molecule has 9 nitrogen and oxygen atoms in total. The Bertz CT molecular complexity index is 1680. The van der Waals surface area contributed by atoms with Crippen LogP contribution in [0.5, 0.6) is 0 Å². The lowest BCUT2D eigenvalue weighted by molar-refractivity contribution is -0.185. The molecule has 0 radical (unpaired) electrons. The highest BCUT2D eigenvalue weighted by molar-refractivity contribution is 5.98. The van der Waals surface area contributed by atoms with Crippen molar-refractivity contribution < 1.29 is 43.7 Å². The molecule has 330 valence electrons. The first kappa shape index (κ1) is 48.5. The van der Waals surface area contributed by atoms with Crippen LogP contribution < -0.4 is 0 Å². The lowest BCUT2D eigenvalue weighted by Gasteiger charge is -2.64. The molecule has 0 aliphatic heterocycles. The Hall–Kier alpha value is -3.17. The Morgan fingerprint density at radius 2 is 1.49 bits per heavy atom. The molecule has 4 rings (SSSR count). The SMILES string of the molecule is CCCCC/C=C\C/C=C\CCCCCCCC(=O)O[C@@H]1C[C@@]2(C)[C@@H]3CC=C4[C@@H](C[C@H](O)C(=O)C4(C)C)[C@]3(C)C(=O)C[C@]2(C)C1C(C)(O)C(=O)/C=C/C(C)(C)OC(C)=O. The Kier molecular flexibility index (Phi) is 15.8. The molecule has 0 aromatic heterocycles. The van der Waals surface area contributed by atoms with Gasteiger partial charge in [0.15, 0.2) is 11.6 Å². The monoisotopic (exact) mass is 821 g/mol. The fourth-order valence-electron chi connectivity index (χ4n) is 11.8. The number of aliphatic hydroxyl groups is 2. The standard InChI is InChI=1S/C50H76O9/c1-11-12-13-14-15-16-17-18-19-20-21-22-23-24-25-26-42(55)58-38-32-47(7)39-28-27-35-36(31-37(52)44(56)46(35,5)6)49(39,9)41(54)33-48(47,8)43(38)50(10,57)40(53)29-30-45(3,4)59-34(2)51/h15-16,18-19,27,29-30,36-39,43,52,57H,11-14,17,20-26,28,31-33H2,1-10H3/b16-15-,19-18-,30-29+/t36-,37+,38-,39+,43?,47+,48-,49+,50?/m1/s1. The maximum absolute atomic E-state index is 14.9. The van der Waals surface area contributed by atoms with Crippen LogP contribution >= 0.6 is 0 Å². The number of esters is 2. The number of unbranched alkanes of at least 4 members (excludes halogenated alkanes) is 8. The fourth-order valence-corrected chi connectivity index (χ4v) is 11.8. The van der Waals surface area contributed by atoms with Crippen molar-refractivity contribution in [3.8, 4) is 0 Å². The van der Waals surface area contributed by atoms with Crippen LogP contribution in [0, 0.1) is 39.4 Å². The Balaban J connectivity index is 1.52. The first-order chi connectivity index (χ1) is 27.5. The minimum absolute atomic E-state index is 0.0283. The van der Waals surface area contributed by atoms with Crippen molar-refractivity contribution in [3.05, 3.63) is 48.1 Å². The molecule has 0 saturated heterocycles. The van der Waals surface area contributed by atoms with Gasteiger partial charge in [-0.3, -0.25) is 24.0 Å². The van der Waals surface area contributed by atoms with E-state index in [0.29, 0.717) is 19.3 Å². The van der Waals surface area contributed by atoms with Gasteiger partial charge >= 0.3 is 11.9 Å². The van der Waals surface area contributed by atoms with Crippen molar-refractivity contribution >= 4 is 29.3 Å². The first-order valence-electron chi connectivity index (χ1n) is 22.6. The maximum Gasteiger partial charge on any atom is 0.306 e. The summed E-state index contributed by atoms with van der Waals surface area (Å²) < 4.78 is 11.7. The van der Waals surface area contributed by atoms with Crippen LogP contribution in [0.4, 0.5) is 0 Å². The van der Waals surface area contributed by atoms with Crippen molar-refractivity contribution in [2.24, 2.45) is 39.4 Å². The van der Waals surface area contributed by atoms with E-state index in [4.69, 9.17) is 9.47 Å². The van der Waals surface area contributed by atoms with Gasteiger partial charge in [0.1, 0.15) is 29.2 Å². The Labute approximate surface area is 354 Å². The summed E-state index contributed by atoms with van der Waals surface area (Å²) in [4.78, 5) is 67.6. The van der Waals surface area contributed by atoms with Gasteiger partial charge in [-0.25, -0.2) is 0 Å². The molecule has 9 heteroatoms.